The number of nitrogens with one attached hydrogen (secondary N) is 2. The Morgan fingerprint density at radius 3 is 1.17 bits per heavy atom. The Balaban J connectivity index is 1.96. The van der Waals surface area contributed by atoms with Crippen molar-refractivity contribution in [2.24, 2.45) is 20.8 Å². The monoisotopic (exact) mass is 488 g/mol. The molecule has 0 radical (unpaired) electrons. The number of hydrogen-bond donors (Lipinski definition) is 2. The van der Waals surface area contributed by atoms with E-state index in [2.05, 4.69) is 116 Å². The molecule has 1 aliphatic carbocycles. The summed E-state index contributed by atoms with van der Waals surface area (Å²) in [7, 11) is 0. The molecule has 2 aromatic rings. The first-order valence-electron chi connectivity index (χ1n) is 13.6. The van der Waals surface area contributed by atoms with E-state index in [-0.39, 0.29) is 22.9 Å². The van der Waals surface area contributed by atoms with E-state index >= 15 is 0 Å². The normalized spacial score (nSPS) is 19.8. The molecule has 3 rings (SSSR count). The molecular weight excluding hydrogens is 440 g/mol. The molecule has 0 aliphatic heterocycles. The second kappa shape index (κ2) is 11.2. The van der Waals surface area contributed by atoms with Crippen LogP contribution in [0.3, 0.4) is 0 Å². The van der Waals surface area contributed by atoms with Crippen LogP contribution >= 0.6 is 0 Å². The quantitative estimate of drug-likeness (QED) is 0.334. The number of anilines is 2. The first-order chi connectivity index (χ1) is 16.7. The first-order valence-corrected chi connectivity index (χ1v) is 13.6. The second-order valence-electron chi connectivity index (χ2n) is 12.9. The van der Waals surface area contributed by atoms with Gasteiger partial charge in [-0.15, -0.1) is 0 Å². The number of hydrogen-bond acceptors (Lipinski definition) is 2. The van der Waals surface area contributed by atoms with E-state index in [9.17, 15) is 0 Å². The number of aryl methyl sites for hydroxylation is 4. The van der Waals surface area contributed by atoms with E-state index in [1.54, 1.807) is 0 Å². The van der Waals surface area contributed by atoms with E-state index in [1.165, 1.54) is 35.1 Å². The second-order valence-corrected chi connectivity index (χ2v) is 12.9. The Bertz CT molecular complexity index is 982. The van der Waals surface area contributed by atoms with E-state index in [1.807, 2.05) is 0 Å². The van der Waals surface area contributed by atoms with Crippen LogP contribution in [0.25, 0.3) is 0 Å². The van der Waals surface area contributed by atoms with E-state index < -0.39 is 0 Å². The van der Waals surface area contributed by atoms with Gasteiger partial charge in [0.25, 0.3) is 0 Å². The summed E-state index contributed by atoms with van der Waals surface area (Å²) in [5.41, 5.74) is 7.10. The third-order valence-corrected chi connectivity index (χ3v) is 6.67. The van der Waals surface area contributed by atoms with Gasteiger partial charge in [-0.1, -0.05) is 66.5 Å². The molecule has 0 aromatic heterocycles. The molecule has 2 aromatic carbocycles. The maximum absolute atomic E-state index is 5.38. The summed E-state index contributed by atoms with van der Waals surface area (Å²) >= 11 is 0. The van der Waals surface area contributed by atoms with E-state index in [0.717, 1.165) is 35.9 Å². The van der Waals surface area contributed by atoms with Crippen molar-refractivity contribution in [1.29, 1.82) is 0 Å². The van der Waals surface area contributed by atoms with Crippen LogP contribution in [-0.2, 0) is 0 Å². The van der Waals surface area contributed by atoms with Gasteiger partial charge in [-0.2, -0.15) is 0 Å². The molecule has 4 heteroatoms. The topological polar surface area (TPSA) is 48.8 Å². The molecule has 2 N–H and O–H groups in total. The van der Waals surface area contributed by atoms with E-state index in [4.69, 9.17) is 9.98 Å². The maximum atomic E-state index is 5.38. The average molecular weight is 489 g/mol. The fraction of sp³-hybridized carbons (Fsp3) is 0.562. The van der Waals surface area contributed by atoms with Gasteiger partial charge in [0.1, 0.15) is 11.7 Å². The van der Waals surface area contributed by atoms with Crippen LogP contribution in [-0.4, -0.2) is 23.8 Å². The fourth-order valence-corrected chi connectivity index (χ4v) is 4.92. The summed E-state index contributed by atoms with van der Waals surface area (Å²) in [6, 6.07) is 13.6. The Labute approximate surface area is 220 Å². The highest BCUT2D eigenvalue weighted by atomic mass is 15.1. The number of amidine groups is 2. The number of benzene rings is 2. The largest absolute Gasteiger partial charge is 0.344 e. The molecule has 36 heavy (non-hydrogen) atoms. The highest BCUT2D eigenvalue weighted by Crippen LogP contribution is 2.30. The minimum absolute atomic E-state index is 0.0897. The van der Waals surface area contributed by atoms with Crippen LogP contribution in [0.15, 0.2) is 46.4 Å². The molecule has 1 aliphatic rings. The minimum atomic E-state index is -0.0897. The van der Waals surface area contributed by atoms with Gasteiger partial charge >= 0.3 is 0 Å². The summed E-state index contributed by atoms with van der Waals surface area (Å²) in [6.45, 7) is 22.0. The van der Waals surface area contributed by atoms with Gasteiger partial charge < -0.3 is 10.6 Å². The smallest absolute Gasteiger partial charge is 0.107 e. The molecule has 4 nitrogen and oxygen atoms in total. The zero-order valence-electron chi connectivity index (χ0n) is 24.3. The molecule has 0 unspecified atom stereocenters. The lowest BCUT2D eigenvalue weighted by Gasteiger charge is -2.32. The van der Waals surface area contributed by atoms with Gasteiger partial charge in [-0.3, -0.25) is 9.98 Å². The van der Waals surface area contributed by atoms with Gasteiger partial charge in [0.05, 0.1) is 12.1 Å². The molecule has 2 atom stereocenters. The van der Waals surface area contributed by atoms with E-state index in [0.29, 0.717) is 0 Å². The lowest BCUT2D eigenvalue weighted by molar-refractivity contribution is 0.382. The van der Waals surface area contributed by atoms with Gasteiger partial charge in [0.2, 0.25) is 0 Å². The minimum Gasteiger partial charge on any atom is -0.344 e. The highest BCUT2D eigenvalue weighted by Gasteiger charge is 2.30. The van der Waals surface area contributed by atoms with Crippen molar-refractivity contribution in [3.8, 4) is 0 Å². The molecule has 0 heterocycles. The third kappa shape index (κ3) is 7.94. The Kier molecular flexibility index (Phi) is 8.69. The summed E-state index contributed by atoms with van der Waals surface area (Å²) in [5, 5.41) is 7.38. The molecule has 0 spiro atoms. The molecule has 0 bridgehead atoms. The average Bonchev–Trinajstić information content (AvgIpc) is 2.71. The SMILES string of the molecule is Cc1cc(C)cc(NC(=N[C@@H]2CCCC[C@H]2N=C(Nc2cc(C)cc(C)c2)C(C)(C)C)C(C)(C)C)c1. The third-order valence-electron chi connectivity index (χ3n) is 6.67. The fourth-order valence-electron chi connectivity index (χ4n) is 4.92. The van der Waals surface area contributed by atoms with Crippen molar-refractivity contribution in [3.05, 3.63) is 58.7 Å². The van der Waals surface area contributed by atoms with Crippen molar-refractivity contribution in [2.75, 3.05) is 10.6 Å². The molecule has 0 saturated heterocycles. The summed E-state index contributed by atoms with van der Waals surface area (Å²) in [6.07, 6.45) is 4.56. The molecule has 196 valence electrons. The Morgan fingerprint density at radius 2 is 0.889 bits per heavy atom. The van der Waals surface area contributed by atoms with Crippen molar-refractivity contribution in [2.45, 2.75) is 107 Å². The van der Waals surface area contributed by atoms with Crippen LogP contribution in [0, 0.1) is 38.5 Å². The highest BCUT2D eigenvalue weighted by molar-refractivity contribution is 6.00. The Morgan fingerprint density at radius 1 is 0.583 bits per heavy atom. The maximum Gasteiger partial charge on any atom is 0.107 e. The number of rotatable bonds is 4. The van der Waals surface area contributed by atoms with Crippen molar-refractivity contribution in [1.82, 2.24) is 0 Å². The lowest BCUT2D eigenvalue weighted by Crippen LogP contribution is -2.37. The zero-order valence-corrected chi connectivity index (χ0v) is 24.3. The van der Waals surface area contributed by atoms with Crippen molar-refractivity contribution >= 4 is 23.0 Å². The van der Waals surface area contributed by atoms with Crippen LogP contribution in [0.2, 0.25) is 0 Å². The predicted octanol–water partition coefficient (Wildman–Crippen LogP) is 8.64. The van der Waals surface area contributed by atoms with Crippen LogP contribution < -0.4 is 10.6 Å². The van der Waals surface area contributed by atoms with Crippen molar-refractivity contribution in [3.63, 3.8) is 0 Å². The number of aliphatic imine (C=N–C) groups is 2. The molecule has 1 fully saturated rings. The van der Waals surface area contributed by atoms with Gasteiger partial charge in [-0.05, 0) is 87.1 Å². The Hall–Kier alpha value is -2.62. The van der Waals surface area contributed by atoms with Gasteiger partial charge in [0, 0.05) is 22.2 Å². The summed E-state index contributed by atoms with van der Waals surface area (Å²) in [4.78, 5) is 10.8. The molecule has 1 saturated carbocycles. The molecular formula is C32H48N4. The summed E-state index contributed by atoms with van der Waals surface area (Å²) in [5.74, 6) is 2.08. The van der Waals surface area contributed by atoms with Crippen LogP contribution in [0.5, 0.6) is 0 Å². The first kappa shape index (κ1) is 28.0. The lowest BCUT2D eigenvalue weighted by atomic mass is 9.88. The standard InChI is InChI=1S/C32H48N4/c1-21-15-22(2)18-25(17-21)33-29(31(5,6)7)35-27-13-11-12-14-28(27)36-30(32(8,9)10)34-26-19-23(3)16-24(4)20-26/h15-20,27-28H,11-14H2,1-10H3,(H,33,35)(H,34,36)/t27-,28-/m1/s1. The molecule has 0 amide bonds. The van der Waals surface area contributed by atoms with Crippen LogP contribution in [0.1, 0.15) is 89.5 Å². The van der Waals surface area contributed by atoms with Crippen molar-refractivity contribution < 1.29 is 0 Å². The predicted molar refractivity (Wildman–Crippen MR) is 159 cm³/mol. The van der Waals surface area contributed by atoms with Gasteiger partial charge in [0.15, 0.2) is 0 Å². The summed E-state index contributed by atoms with van der Waals surface area (Å²) < 4.78 is 0. The van der Waals surface area contributed by atoms with Gasteiger partial charge in [-0.25, -0.2) is 0 Å². The zero-order chi connectivity index (χ0) is 26.7. The number of nitrogens with zero attached hydrogens (tertiary/aromatic N) is 2. The van der Waals surface area contributed by atoms with Crippen LogP contribution in [0.4, 0.5) is 11.4 Å².